The summed E-state index contributed by atoms with van der Waals surface area (Å²) in [7, 11) is 0. The number of benzene rings is 2. The highest BCUT2D eigenvalue weighted by atomic mass is 16.5. The molecule has 1 aliphatic rings. The molecule has 0 saturated heterocycles. The Kier molecular flexibility index (Phi) is 5.93. The Morgan fingerprint density at radius 1 is 0.949 bits per heavy atom. The first kappa shape index (κ1) is 23.8. The average Bonchev–Trinajstić information content (AvgIpc) is 3.67. The van der Waals surface area contributed by atoms with Crippen molar-refractivity contribution < 1.29 is 14.3 Å². The van der Waals surface area contributed by atoms with E-state index >= 15 is 0 Å². The van der Waals surface area contributed by atoms with Crippen LogP contribution in [-0.4, -0.2) is 31.4 Å². The van der Waals surface area contributed by atoms with Gasteiger partial charge in [-0.15, -0.1) is 5.10 Å². The number of rotatable bonds is 7. The van der Waals surface area contributed by atoms with Crippen LogP contribution in [0, 0.1) is 11.3 Å². The molecule has 10 nitrogen and oxygen atoms in total. The van der Waals surface area contributed by atoms with Crippen LogP contribution < -0.4 is 15.4 Å². The van der Waals surface area contributed by atoms with Crippen LogP contribution in [0.5, 0.6) is 11.6 Å². The predicted octanol–water partition coefficient (Wildman–Crippen LogP) is 4.98. The fourth-order valence-corrected chi connectivity index (χ4v) is 4.17. The molecule has 0 atom stereocenters. The van der Waals surface area contributed by atoms with Gasteiger partial charge in [0.2, 0.25) is 5.88 Å². The molecule has 0 unspecified atom stereocenters. The van der Waals surface area contributed by atoms with Gasteiger partial charge >= 0.3 is 0 Å². The van der Waals surface area contributed by atoms with E-state index in [1.807, 2.05) is 6.07 Å². The van der Waals surface area contributed by atoms with Crippen LogP contribution in [0.15, 0.2) is 91.3 Å². The van der Waals surface area contributed by atoms with E-state index in [9.17, 15) is 14.9 Å². The third-order valence-corrected chi connectivity index (χ3v) is 6.39. The summed E-state index contributed by atoms with van der Waals surface area (Å²) in [6.07, 6.45) is 4.75. The largest absolute Gasteiger partial charge is 0.438 e. The van der Waals surface area contributed by atoms with E-state index in [1.165, 1.54) is 4.52 Å². The maximum atomic E-state index is 12.9. The maximum absolute atomic E-state index is 12.9. The smallest absolute Gasteiger partial charge is 0.275 e. The zero-order valence-electron chi connectivity index (χ0n) is 20.5. The number of amides is 2. The van der Waals surface area contributed by atoms with Crippen LogP contribution >= 0.6 is 0 Å². The van der Waals surface area contributed by atoms with Crippen molar-refractivity contribution in [3.8, 4) is 17.7 Å². The molecule has 1 aliphatic carbocycles. The topological polar surface area (TPSA) is 134 Å². The summed E-state index contributed by atoms with van der Waals surface area (Å²) in [6, 6.07) is 25.0. The van der Waals surface area contributed by atoms with Crippen molar-refractivity contribution in [2.75, 3.05) is 10.6 Å². The number of carbonyl (C=O) groups is 2. The highest BCUT2D eigenvalue weighted by molar-refractivity contribution is 6.04. The molecule has 2 aromatic carbocycles. The molecular formula is C29H21N7O3. The lowest BCUT2D eigenvalue weighted by Crippen LogP contribution is -2.13. The molecule has 1 saturated carbocycles. The van der Waals surface area contributed by atoms with Gasteiger partial charge in [-0.1, -0.05) is 24.3 Å². The predicted molar refractivity (Wildman–Crippen MR) is 143 cm³/mol. The van der Waals surface area contributed by atoms with Gasteiger partial charge in [-0.3, -0.25) is 14.6 Å². The average molecular weight is 516 g/mol. The Labute approximate surface area is 222 Å². The summed E-state index contributed by atoms with van der Waals surface area (Å²) in [5.41, 5.74) is 2.24. The second kappa shape index (κ2) is 9.72. The lowest BCUT2D eigenvalue weighted by Gasteiger charge is -2.11. The summed E-state index contributed by atoms with van der Waals surface area (Å²) in [4.78, 5) is 33.6. The summed E-state index contributed by atoms with van der Waals surface area (Å²) >= 11 is 0. The summed E-state index contributed by atoms with van der Waals surface area (Å²) in [5.74, 6) is 0.439. The van der Waals surface area contributed by atoms with Crippen LogP contribution in [0.2, 0.25) is 0 Å². The van der Waals surface area contributed by atoms with Crippen LogP contribution in [0.3, 0.4) is 0 Å². The van der Waals surface area contributed by atoms with E-state index < -0.39 is 5.41 Å². The second-order valence-corrected chi connectivity index (χ2v) is 9.13. The van der Waals surface area contributed by atoms with Gasteiger partial charge in [0.1, 0.15) is 11.4 Å². The molecule has 2 N–H and O–H groups in total. The molecule has 2 amide bonds. The molecule has 0 bridgehead atoms. The lowest BCUT2D eigenvalue weighted by molar-refractivity contribution is 0.101. The first-order valence-corrected chi connectivity index (χ1v) is 12.2. The quantitative estimate of drug-likeness (QED) is 0.312. The molecule has 190 valence electrons. The minimum absolute atomic E-state index is 0.277. The van der Waals surface area contributed by atoms with E-state index in [2.05, 4.69) is 31.8 Å². The van der Waals surface area contributed by atoms with Crippen molar-refractivity contribution in [1.29, 1.82) is 5.26 Å². The fourth-order valence-electron chi connectivity index (χ4n) is 4.17. The van der Waals surface area contributed by atoms with Gasteiger partial charge in [0.05, 0.1) is 17.7 Å². The van der Waals surface area contributed by atoms with Gasteiger partial charge in [-0.2, -0.15) is 5.26 Å². The van der Waals surface area contributed by atoms with Crippen molar-refractivity contribution >= 4 is 29.0 Å². The molecule has 10 heteroatoms. The van der Waals surface area contributed by atoms with Crippen LogP contribution in [0.1, 0.15) is 39.3 Å². The number of fused-ring (bicyclic) bond motifs is 1. The molecule has 1 fully saturated rings. The van der Waals surface area contributed by atoms with Gasteiger partial charge in [-0.25, -0.2) is 9.50 Å². The van der Waals surface area contributed by atoms with Crippen molar-refractivity contribution in [1.82, 2.24) is 19.6 Å². The number of nitriles is 1. The minimum Gasteiger partial charge on any atom is -0.438 e. The first-order valence-electron chi connectivity index (χ1n) is 12.2. The van der Waals surface area contributed by atoms with Gasteiger partial charge in [-0.05, 0) is 60.9 Å². The number of anilines is 2. The van der Waals surface area contributed by atoms with Gasteiger partial charge in [0, 0.05) is 29.6 Å². The minimum atomic E-state index is -0.459. The Bertz CT molecular complexity index is 1750. The monoisotopic (exact) mass is 515 g/mol. The number of nitrogens with one attached hydrogen (secondary N) is 2. The van der Waals surface area contributed by atoms with E-state index in [4.69, 9.17) is 4.74 Å². The Balaban J connectivity index is 1.14. The van der Waals surface area contributed by atoms with E-state index in [0.717, 1.165) is 18.4 Å². The number of ether oxygens (including phenoxy) is 1. The molecule has 5 aromatic rings. The molecule has 39 heavy (non-hydrogen) atoms. The fraction of sp³-hybridized carbons (Fsp3) is 0.103. The van der Waals surface area contributed by atoms with E-state index in [1.54, 1.807) is 85.2 Å². The van der Waals surface area contributed by atoms with Gasteiger partial charge < -0.3 is 15.4 Å². The first-order chi connectivity index (χ1) is 19.0. The molecule has 0 spiro atoms. The highest BCUT2D eigenvalue weighted by Gasteiger charge is 2.45. The number of carbonyl (C=O) groups excluding carboxylic acids is 2. The highest BCUT2D eigenvalue weighted by Crippen LogP contribution is 2.47. The molecular weight excluding hydrogens is 494 g/mol. The third-order valence-electron chi connectivity index (χ3n) is 6.39. The Hall–Kier alpha value is -5.56. The molecule has 0 aliphatic heterocycles. The van der Waals surface area contributed by atoms with Gasteiger partial charge in [0.15, 0.2) is 11.5 Å². The number of nitrogens with zero attached hydrogens (tertiary/aromatic N) is 5. The molecule has 0 radical (unpaired) electrons. The number of imidazole rings is 1. The standard InChI is InChI=1S/C29H21N7O3/c30-18-29(12-13-29)20-6-3-5-19(15-20)27(37)32-21-7-4-8-22(16-21)39-26-11-10-25-33-24(17-36(25)35-26)34-28(38)23-9-1-2-14-31-23/h1-11,14-17H,12-13H2,(H,32,37)(H,34,38). The van der Waals surface area contributed by atoms with E-state index in [0.29, 0.717) is 34.3 Å². The summed E-state index contributed by atoms with van der Waals surface area (Å²) in [5, 5.41) is 19.5. The molecule has 6 rings (SSSR count). The molecule has 3 aromatic heterocycles. The van der Waals surface area contributed by atoms with Crippen LogP contribution in [-0.2, 0) is 5.41 Å². The van der Waals surface area contributed by atoms with Crippen LogP contribution in [0.25, 0.3) is 5.65 Å². The number of pyridine rings is 1. The normalized spacial score (nSPS) is 13.3. The SMILES string of the molecule is N#CC1(c2cccc(C(=O)Nc3cccc(Oc4ccc5nc(NC(=O)c6ccccn6)cn5n4)c3)c2)CC1. The molecule has 3 heterocycles. The Morgan fingerprint density at radius 2 is 1.82 bits per heavy atom. The number of aromatic nitrogens is 4. The number of hydrogen-bond acceptors (Lipinski definition) is 7. The van der Waals surface area contributed by atoms with Crippen molar-refractivity contribution in [3.05, 3.63) is 108 Å². The zero-order valence-corrected chi connectivity index (χ0v) is 20.5. The van der Waals surface area contributed by atoms with Crippen molar-refractivity contribution in [2.24, 2.45) is 0 Å². The summed E-state index contributed by atoms with van der Waals surface area (Å²) in [6.45, 7) is 0. The second-order valence-electron chi connectivity index (χ2n) is 9.13. The Morgan fingerprint density at radius 3 is 2.62 bits per heavy atom. The zero-order chi connectivity index (χ0) is 26.8. The maximum Gasteiger partial charge on any atom is 0.275 e. The van der Waals surface area contributed by atoms with Crippen molar-refractivity contribution in [3.63, 3.8) is 0 Å². The number of hydrogen-bond donors (Lipinski definition) is 2. The van der Waals surface area contributed by atoms with Crippen LogP contribution in [0.4, 0.5) is 11.5 Å². The van der Waals surface area contributed by atoms with Crippen molar-refractivity contribution in [2.45, 2.75) is 18.3 Å². The lowest BCUT2D eigenvalue weighted by atomic mass is 9.96. The van der Waals surface area contributed by atoms with Gasteiger partial charge in [0.25, 0.3) is 11.8 Å². The third kappa shape index (κ3) is 5.01. The summed E-state index contributed by atoms with van der Waals surface area (Å²) < 4.78 is 7.41. The van der Waals surface area contributed by atoms with E-state index in [-0.39, 0.29) is 17.5 Å².